The Bertz CT molecular complexity index is 351. The van der Waals surface area contributed by atoms with Gasteiger partial charge in [0, 0.05) is 12.5 Å². The van der Waals surface area contributed by atoms with Crippen molar-refractivity contribution in [1.29, 1.82) is 0 Å². The first-order chi connectivity index (χ1) is 9.92. The number of nitrogens with one attached hydrogen (secondary N) is 2. The van der Waals surface area contributed by atoms with E-state index in [0.717, 1.165) is 32.1 Å². The van der Waals surface area contributed by atoms with Gasteiger partial charge in [0.2, 0.25) is 11.8 Å². The van der Waals surface area contributed by atoms with Crippen molar-refractivity contribution >= 4 is 11.8 Å². The number of hydrogen-bond acceptors (Lipinski definition) is 3. The van der Waals surface area contributed by atoms with Gasteiger partial charge in [0.05, 0.1) is 0 Å². The summed E-state index contributed by atoms with van der Waals surface area (Å²) < 4.78 is 0. The zero-order chi connectivity index (χ0) is 15.9. The van der Waals surface area contributed by atoms with E-state index < -0.39 is 6.04 Å². The van der Waals surface area contributed by atoms with Gasteiger partial charge in [-0.2, -0.15) is 0 Å². The van der Waals surface area contributed by atoms with Gasteiger partial charge in [-0.3, -0.25) is 9.59 Å². The minimum Gasteiger partial charge on any atom is -0.352 e. The number of nitrogens with two attached hydrogens (primary N) is 1. The summed E-state index contributed by atoms with van der Waals surface area (Å²) in [7, 11) is 0. The van der Waals surface area contributed by atoms with E-state index in [4.69, 9.17) is 5.73 Å². The van der Waals surface area contributed by atoms with Crippen LogP contribution in [0.4, 0.5) is 0 Å². The Kier molecular flexibility index (Phi) is 7.15. The molecule has 2 unspecified atom stereocenters. The molecule has 1 aliphatic carbocycles. The van der Waals surface area contributed by atoms with Crippen LogP contribution in [0.5, 0.6) is 0 Å². The van der Waals surface area contributed by atoms with Gasteiger partial charge in [0.25, 0.3) is 0 Å². The Labute approximate surface area is 128 Å². The molecule has 1 saturated carbocycles. The van der Waals surface area contributed by atoms with Crippen molar-refractivity contribution in [2.24, 2.45) is 11.1 Å². The van der Waals surface area contributed by atoms with Crippen molar-refractivity contribution in [2.75, 3.05) is 6.54 Å². The summed E-state index contributed by atoms with van der Waals surface area (Å²) in [6.07, 6.45) is 6.88. The van der Waals surface area contributed by atoms with E-state index in [9.17, 15) is 9.59 Å². The molecule has 1 rings (SSSR count). The van der Waals surface area contributed by atoms with Gasteiger partial charge < -0.3 is 16.4 Å². The summed E-state index contributed by atoms with van der Waals surface area (Å²) in [5.41, 5.74) is 5.84. The molecule has 5 nitrogen and oxygen atoms in total. The Morgan fingerprint density at radius 3 is 2.29 bits per heavy atom. The monoisotopic (exact) mass is 297 g/mol. The number of hydrogen-bond donors (Lipinski definition) is 3. The van der Waals surface area contributed by atoms with Crippen molar-refractivity contribution in [3.05, 3.63) is 0 Å². The third-order valence-corrected chi connectivity index (χ3v) is 4.65. The summed E-state index contributed by atoms with van der Waals surface area (Å²) in [4.78, 5) is 24.1. The molecule has 122 valence electrons. The number of carbonyl (C=O) groups is 2. The Morgan fingerprint density at radius 1 is 1.14 bits per heavy atom. The molecule has 0 aromatic carbocycles. The number of rotatable bonds is 7. The van der Waals surface area contributed by atoms with Crippen molar-refractivity contribution in [1.82, 2.24) is 10.6 Å². The zero-order valence-electron chi connectivity index (χ0n) is 13.7. The van der Waals surface area contributed by atoms with Gasteiger partial charge in [-0.1, -0.05) is 26.2 Å². The van der Waals surface area contributed by atoms with E-state index >= 15 is 0 Å². The van der Waals surface area contributed by atoms with Gasteiger partial charge >= 0.3 is 0 Å². The molecule has 4 N–H and O–H groups in total. The first kappa shape index (κ1) is 18.0. The van der Waals surface area contributed by atoms with Crippen molar-refractivity contribution < 1.29 is 9.59 Å². The average molecular weight is 297 g/mol. The van der Waals surface area contributed by atoms with Gasteiger partial charge in [0.15, 0.2) is 0 Å². The van der Waals surface area contributed by atoms with Crippen LogP contribution in [0, 0.1) is 5.41 Å². The molecule has 0 saturated heterocycles. The van der Waals surface area contributed by atoms with Crippen LogP contribution in [0.2, 0.25) is 0 Å². The van der Waals surface area contributed by atoms with Crippen LogP contribution in [-0.2, 0) is 9.59 Å². The first-order valence-corrected chi connectivity index (χ1v) is 8.22. The Hall–Kier alpha value is -1.10. The van der Waals surface area contributed by atoms with Gasteiger partial charge in [-0.15, -0.1) is 0 Å². The summed E-state index contributed by atoms with van der Waals surface area (Å²) in [6.45, 7) is 6.25. The van der Waals surface area contributed by atoms with Crippen LogP contribution in [0.3, 0.4) is 0 Å². The van der Waals surface area contributed by atoms with E-state index in [0.29, 0.717) is 13.0 Å². The minimum absolute atomic E-state index is 0.0603. The Morgan fingerprint density at radius 2 is 1.76 bits per heavy atom. The lowest BCUT2D eigenvalue weighted by atomic mass is 9.71. The second-order valence-electron chi connectivity index (χ2n) is 6.55. The van der Waals surface area contributed by atoms with E-state index in [1.807, 2.05) is 13.8 Å². The second-order valence-corrected chi connectivity index (χ2v) is 6.55. The highest BCUT2D eigenvalue weighted by Gasteiger charge is 2.33. The highest BCUT2D eigenvalue weighted by molar-refractivity contribution is 5.87. The number of amides is 2. The van der Waals surface area contributed by atoms with Gasteiger partial charge in [-0.25, -0.2) is 0 Å². The summed E-state index contributed by atoms with van der Waals surface area (Å²) in [5, 5.41) is 5.69. The highest BCUT2D eigenvalue weighted by atomic mass is 16.2. The molecule has 0 aromatic rings. The van der Waals surface area contributed by atoms with E-state index in [-0.39, 0.29) is 23.3 Å². The predicted molar refractivity (Wildman–Crippen MR) is 84.7 cm³/mol. The van der Waals surface area contributed by atoms with Crippen molar-refractivity contribution in [2.45, 2.75) is 77.8 Å². The molecule has 0 radical (unpaired) electrons. The molecule has 0 aliphatic heterocycles. The molecule has 5 heteroatoms. The van der Waals surface area contributed by atoms with E-state index in [1.54, 1.807) is 6.92 Å². The average Bonchev–Trinajstić information content (AvgIpc) is 2.47. The molecule has 0 spiro atoms. The molecule has 1 aliphatic rings. The van der Waals surface area contributed by atoms with E-state index in [2.05, 4.69) is 10.6 Å². The van der Waals surface area contributed by atoms with Gasteiger partial charge in [0.1, 0.15) is 6.04 Å². The number of carbonyl (C=O) groups excluding carboxylic acids is 2. The third-order valence-electron chi connectivity index (χ3n) is 4.65. The molecule has 2 amide bonds. The second kappa shape index (κ2) is 8.37. The Balaban J connectivity index is 2.46. The predicted octanol–water partition coefficient (Wildman–Crippen LogP) is 1.71. The van der Waals surface area contributed by atoms with Crippen LogP contribution in [0.1, 0.15) is 65.7 Å². The maximum atomic E-state index is 12.2. The smallest absolute Gasteiger partial charge is 0.242 e. The molecule has 0 bridgehead atoms. The largest absolute Gasteiger partial charge is 0.352 e. The lowest BCUT2D eigenvalue weighted by Crippen LogP contribution is -2.48. The van der Waals surface area contributed by atoms with Crippen LogP contribution in [0.15, 0.2) is 0 Å². The van der Waals surface area contributed by atoms with Crippen LogP contribution < -0.4 is 16.4 Å². The summed E-state index contributed by atoms with van der Waals surface area (Å²) in [5.74, 6) is -0.183. The lowest BCUT2D eigenvalue weighted by Gasteiger charge is -2.35. The SMILES string of the molecule is CCC(C)NC(=O)C(C)NC(=O)CC1(CN)CCCCC1. The fraction of sp³-hybridized carbons (Fsp3) is 0.875. The molecule has 0 heterocycles. The van der Waals surface area contributed by atoms with Gasteiger partial charge in [-0.05, 0) is 45.1 Å². The normalized spacial score (nSPS) is 20.4. The van der Waals surface area contributed by atoms with Crippen LogP contribution in [-0.4, -0.2) is 30.4 Å². The minimum atomic E-state index is -0.495. The highest BCUT2D eigenvalue weighted by Crippen LogP contribution is 2.38. The molecule has 1 fully saturated rings. The first-order valence-electron chi connectivity index (χ1n) is 8.22. The molecule has 21 heavy (non-hydrogen) atoms. The standard InChI is InChI=1S/C16H31N3O2/c1-4-12(2)18-15(21)13(3)19-14(20)10-16(11-17)8-6-5-7-9-16/h12-13H,4-11,17H2,1-3H3,(H,18,21)(H,19,20). The molecular weight excluding hydrogens is 266 g/mol. The lowest BCUT2D eigenvalue weighted by molar-refractivity contribution is -0.130. The molecular formula is C16H31N3O2. The fourth-order valence-corrected chi connectivity index (χ4v) is 2.92. The van der Waals surface area contributed by atoms with Crippen molar-refractivity contribution in [3.63, 3.8) is 0 Å². The van der Waals surface area contributed by atoms with E-state index in [1.165, 1.54) is 6.42 Å². The zero-order valence-corrected chi connectivity index (χ0v) is 13.7. The summed E-state index contributed by atoms with van der Waals surface area (Å²) >= 11 is 0. The van der Waals surface area contributed by atoms with Crippen molar-refractivity contribution in [3.8, 4) is 0 Å². The fourth-order valence-electron chi connectivity index (χ4n) is 2.92. The van der Waals surface area contributed by atoms with Crippen LogP contribution in [0.25, 0.3) is 0 Å². The maximum Gasteiger partial charge on any atom is 0.242 e. The quantitative estimate of drug-likeness (QED) is 0.669. The molecule has 0 aromatic heterocycles. The third kappa shape index (κ3) is 5.65. The maximum absolute atomic E-state index is 12.2. The topological polar surface area (TPSA) is 84.2 Å². The molecule has 2 atom stereocenters. The summed E-state index contributed by atoms with van der Waals surface area (Å²) in [6, 6.07) is -0.365. The van der Waals surface area contributed by atoms with Crippen LogP contribution >= 0.6 is 0 Å².